The first-order valence-corrected chi connectivity index (χ1v) is 9.79. The van der Waals surface area contributed by atoms with Crippen molar-refractivity contribution in [2.24, 2.45) is 5.92 Å². The van der Waals surface area contributed by atoms with Crippen molar-refractivity contribution < 1.29 is 34.5 Å². The Kier molecular flexibility index (Phi) is 5.10. The van der Waals surface area contributed by atoms with E-state index >= 15 is 0 Å². The van der Waals surface area contributed by atoms with E-state index in [0.29, 0.717) is 18.2 Å². The first-order chi connectivity index (χ1) is 14.8. The molecule has 4 N–H and O–H groups in total. The second-order valence-corrected chi connectivity index (χ2v) is 7.85. The van der Waals surface area contributed by atoms with Gasteiger partial charge in [0.1, 0.15) is 11.3 Å². The van der Waals surface area contributed by atoms with Crippen molar-refractivity contribution in [1.29, 1.82) is 0 Å². The molecular formula is C22H20N2O7. The molecular weight excluding hydrogens is 404 g/mol. The summed E-state index contributed by atoms with van der Waals surface area (Å²) in [6.07, 6.45) is 3.66. The minimum atomic E-state index is -1.45. The van der Waals surface area contributed by atoms with E-state index in [4.69, 9.17) is 5.11 Å². The number of fused-ring (bicyclic) bond motifs is 2. The zero-order chi connectivity index (χ0) is 22.3. The summed E-state index contributed by atoms with van der Waals surface area (Å²) in [5.74, 6) is -3.58. The summed E-state index contributed by atoms with van der Waals surface area (Å²) in [4.78, 5) is 49.3. The highest BCUT2D eigenvalue weighted by Gasteiger charge is 2.38. The maximum Gasteiger partial charge on any atom is 0.339 e. The summed E-state index contributed by atoms with van der Waals surface area (Å²) >= 11 is 0. The maximum absolute atomic E-state index is 12.8. The van der Waals surface area contributed by atoms with E-state index in [9.17, 15) is 29.4 Å². The monoisotopic (exact) mass is 424 g/mol. The van der Waals surface area contributed by atoms with Crippen molar-refractivity contribution in [2.75, 3.05) is 16.8 Å². The van der Waals surface area contributed by atoms with Crippen LogP contribution in [0.2, 0.25) is 0 Å². The Bertz CT molecular complexity index is 1110. The molecule has 1 aliphatic carbocycles. The number of carbonyl (C=O) groups excluding carboxylic acids is 2. The molecule has 1 heterocycles. The van der Waals surface area contributed by atoms with Crippen LogP contribution in [0.3, 0.4) is 0 Å². The molecule has 2 aliphatic rings. The van der Waals surface area contributed by atoms with Gasteiger partial charge in [-0.05, 0) is 55.5 Å². The van der Waals surface area contributed by atoms with E-state index < -0.39 is 29.2 Å². The Labute approximate surface area is 176 Å². The second-order valence-electron chi connectivity index (χ2n) is 7.85. The minimum absolute atomic E-state index is 0.0522. The number of aromatic hydroxyl groups is 1. The molecule has 1 saturated heterocycles. The molecule has 2 bridgehead atoms. The van der Waals surface area contributed by atoms with Gasteiger partial charge in [0.05, 0.1) is 16.8 Å². The number of benzene rings is 2. The van der Waals surface area contributed by atoms with E-state index in [-0.39, 0.29) is 22.4 Å². The van der Waals surface area contributed by atoms with Crippen LogP contribution in [0.4, 0.5) is 11.4 Å². The van der Waals surface area contributed by atoms with Crippen molar-refractivity contribution in [1.82, 2.24) is 0 Å². The fourth-order valence-corrected chi connectivity index (χ4v) is 4.50. The standard InChI is InChI=1S/C22H20N2O7/c25-10-12-6-17(22(30)31)19(26)8-16(12)20(27)23-18-7-14(3-4-15(18)21(28)29)24-9-11-1-2-13(24)5-11/h3-4,6-8,10-11,13,26H,1-2,5,9H2,(H,23,27)(H,28,29)(H,30,31). The summed E-state index contributed by atoms with van der Waals surface area (Å²) in [6.45, 7) is 0.879. The fourth-order valence-electron chi connectivity index (χ4n) is 4.50. The molecule has 1 saturated carbocycles. The van der Waals surface area contributed by atoms with Crippen LogP contribution < -0.4 is 10.2 Å². The number of phenols is 1. The van der Waals surface area contributed by atoms with Crippen molar-refractivity contribution in [3.8, 4) is 5.75 Å². The number of piperidine rings is 1. The van der Waals surface area contributed by atoms with Crippen molar-refractivity contribution >= 4 is 35.5 Å². The number of nitrogens with one attached hydrogen (secondary N) is 1. The summed E-state index contributed by atoms with van der Waals surface area (Å²) < 4.78 is 0. The molecule has 4 rings (SSSR count). The summed E-state index contributed by atoms with van der Waals surface area (Å²) in [7, 11) is 0. The zero-order valence-electron chi connectivity index (χ0n) is 16.4. The van der Waals surface area contributed by atoms with Gasteiger partial charge >= 0.3 is 11.9 Å². The molecule has 160 valence electrons. The predicted octanol–water partition coefficient (Wildman–Crippen LogP) is 2.84. The summed E-state index contributed by atoms with van der Waals surface area (Å²) in [5, 5.41) is 31.0. The number of carbonyl (C=O) groups is 4. The second kappa shape index (κ2) is 7.75. The van der Waals surface area contributed by atoms with Crippen LogP contribution in [-0.2, 0) is 0 Å². The average Bonchev–Trinajstić information content (AvgIpc) is 3.36. The van der Waals surface area contributed by atoms with Gasteiger partial charge in [0, 0.05) is 23.8 Å². The lowest BCUT2D eigenvalue weighted by molar-refractivity contribution is 0.0684. The highest BCUT2D eigenvalue weighted by atomic mass is 16.4. The average molecular weight is 424 g/mol. The number of anilines is 2. The normalized spacial score (nSPS) is 19.3. The van der Waals surface area contributed by atoms with Crippen LogP contribution >= 0.6 is 0 Å². The Morgan fingerprint density at radius 2 is 1.74 bits per heavy atom. The van der Waals surface area contributed by atoms with E-state index in [1.165, 1.54) is 12.5 Å². The molecule has 9 heteroatoms. The predicted molar refractivity (Wildman–Crippen MR) is 110 cm³/mol. The van der Waals surface area contributed by atoms with Crippen LogP contribution in [-0.4, -0.2) is 52.0 Å². The van der Waals surface area contributed by atoms with Crippen LogP contribution in [0.1, 0.15) is 60.7 Å². The van der Waals surface area contributed by atoms with Crippen LogP contribution in [0.25, 0.3) is 0 Å². The number of aldehydes is 1. The Morgan fingerprint density at radius 3 is 2.32 bits per heavy atom. The molecule has 9 nitrogen and oxygen atoms in total. The lowest BCUT2D eigenvalue weighted by Gasteiger charge is -2.29. The number of aromatic carboxylic acids is 2. The number of nitrogens with zero attached hydrogens (tertiary/aromatic N) is 1. The van der Waals surface area contributed by atoms with Gasteiger partial charge in [-0.25, -0.2) is 9.59 Å². The maximum atomic E-state index is 12.8. The van der Waals surface area contributed by atoms with Crippen LogP contribution in [0, 0.1) is 5.92 Å². The summed E-state index contributed by atoms with van der Waals surface area (Å²) in [5.41, 5.74) is -0.294. The highest BCUT2D eigenvalue weighted by Crippen LogP contribution is 2.41. The number of hydrogen-bond acceptors (Lipinski definition) is 6. The third-order valence-electron chi connectivity index (χ3n) is 5.99. The Morgan fingerprint density at radius 1 is 1.00 bits per heavy atom. The number of carboxylic acid groups (broad SMARTS) is 2. The van der Waals surface area contributed by atoms with E-state index in [1.54, 1.807) is 12.1 Å². The molecule has 2 atom stereocenters. The Balaban J connectivity index is 1.68. The molecule has 0 radical (unpaired) electrons. The van der Waals surface area contributed by atoms with Gasteiger partial charge in [-0.3, -0.25) is 9.59 Å². The molecule has 1 amide bonds. The summed E-state index contributed by atoms with van der Waals surface area (Å²) in [6, 6.07) is 6.90. The van der Waals surface area contributed by atoms with E-state index in [2.05, 4.69) is 10.2 Å². The first kappa shape index (κ1) is 20.4. The molecule has 2 aromatic carbocycles. The largest absolute Gasteiger partial charge is 0.507 e. The minimum Gasteiger partial charge on any atom is -0.507 e. The van der Waals surface area contributed by atoms with Gasteiger partial charge in [0.25, 0.3) is 5.91 Å². The lowest BCUT2D eigenvalue weighted by atomic mass is 10.0. The van der Waals surface area contributed by atoms with Gasteiger partial charge in [0.2, 0.25) is 0 Å². The molecule has 2 unspecified atom stereocenters. The number of amides is 1. The third-order valence-corrected chi connectivity index (χ3v) is 5.99. The molecule has 2 aromatic rings. The van der Waals surface area contributed by atoms with Gasteiger partial charge in [0.15, 0.2) is 6.29 Å². The first-order valence-electron chi connectivity index (χ1n) is 9.79. The van der Waals surface area contributed by atoms with Gasteiger partial charge in [-0.15, -0.1) is 0 Å². The Hall–Kier alpha value is -3.88. The molecule has 0 aromatic heterocycles. The third kappa shape index (κ3) is 3.70. The SMILES string of the molecule is O=Cc1cc(C(=O)O)c(O)cc1C(=O)Nc1cc(N2CC3CCC2C3)ccc1C(=O)O. The zero-order valence-corrected chi connectivity index (χ0v) is 16.4. The van der Waals surface area contributed by atoms with E-state index in [1.807, 2.05) is 0 Å². The fraction of sp³-hybridized carbons (Fsp3) is 0.273. The molecule has 2 fully saturated rings. The lowest BCUT2D eigenvalue weighted by Crippen LogP contribution is -2.32. The molecule has 1 aliphatic heterocycles. The van der Waals surface area contributed by atoms with Crippen LogP contribution in [0.5, 0.6) is 5.75 Å². The van der Waals surface area contributed by atoms with Crippen molar-refractivity contribution in [2.45, 2.75) is 25.3 Å². The molecule has 0 spiro atoms. The van der Waals surface area contributed by atoms with Crippen molar-refractivity contribution in [3.63, 3.8) is 0 Å². The van der Waals surface area contributed by atoms with Crippen LogP contribution in [0.15, 0.2) is 30.3 Å². The molecule has 31 heavy (non-hydrogen) atoms. The van der Waals surface area contributed by atoms with Gasteiger partial charge in [-0.2, -0.15) is 0 Å². The highest BCUT2D eigenvalue weighted by molar-refractivity contribution is 6.12. The number of carboxylic acids is 2. The quantitative estimate of drug-likeness (QED) is 0.518. The number of rotatable bonds is 6. The number of hydrogen-bond donors (Lipinski definition) is 4. The van der Waals surface area contributed by atoms with E-state index in [0.717, 1.165) is 37.2 Å². The van der Waals surface area contributed by atoms with Gasteiger partial charge < -0.3 is 25.5 Å². The van der Waals surface area contributed by atoms with Gasteiger partial charge in [-0.1, -0.05) is 0 Å². The van der Waals surface area contributed by atoms with Crippen molar-refractivity contribution in [3.05, 3.63) is 52.6 Å². The topological polar surface area (TPSA) is 144 Å². The smallest absolute Gasteiger partial charge is 0.339 e.